The van der Waals surface area contributed by atoms with E-state index in [1.54, 1.807) is 0 Å². The van der Waals surface area contributed by atoms with E-state index in [9.17, 15) is 5.11 Å². The third-order valence-corrected chi connectivity index (χ3v) is 4.67. The number of aliphatic hydroxyl groups is 1. The van der Waals surface area contributed by atoms with Crippen LogP contribution in [-0.4, -0.2) is 30.3 Å². The predicted molar refractivity (Wildman–Crippen MR) is 83.0 cm³/mol. The Bertz CT molecular complexity index is 429. The fourth-order valence-electron chi connectivity index (χ4n) is 3.53. The molecule has 1 saturated carbocycles. The zero-order valence-corrected chi connectivity index (χ0v) is 12.2. The summed E-state index contributed by atoms with van der Waals surface area (Å²) < 4.78 is 0. The molecule has 2 unspecified atom stereocenters. The monoisotopic (exact) mass is 274 g/mol. The fourth-order valence-corrected chi connectivity index (χ4v) is 3.53. The van der Waals surface area contributed by atoms with Gasteiger partial charge in [0.1, 0.15) is 0 Å². The van der Waals surface area contributed by atoms with Gasteiger partial charge in [-0.05, 0) is 50.2 Å². The van der Waals surface area contributed by atoms with Gasteiger partial charge in [-0.1, -0.05) is 18.2 Å². The highest BCUT2D eigenvalue weighted by atomic mass is 16.3. The summed E-state index contributed by atoms with van der Waals surface area (Å²) in [6.45, 7) is 3.31. The molecule has 1 aromatic carbocycles. The molecule has 1 saturated heterocycles. The molecule has 2 atom stereocenters. The van der Waals surface area contributed by atoms with Crippen molar-refractivity contribution in [2.45, 2.75) is 57.2 Å². The molecule has 1 heterocycles. The molecule has 20 heavy (non-hydrogen) atoms. The number of aliphatic hydroxyl groups excluding tert-OH is 1. The first-order valence-electron chi connectivity index (χ1n) is 8.07. The topological polar surface area (TPSA) is 35.5 Å². The Balaban J connectivity index is 1.62. The fraction of sp³-hybridized carbons (Fsp3) is 0.647. The van der Waals surface area contributed by atoms with E-state index in [4.69, 9.17) is 0 Å². The Morgan fingerprint density at radius 1 is 1.10 bits per heavy atom. The molecule has 110 valence electrons. The third kappa shape index (κ3) is 3.33. The van der Waals surface area contributed by atoms with E-state index in [1.165, 1.54) is 43.6 Å². The van der Waals surface area contributed by atoms with Crippen molar-refractivity contribution in [1.82, 2.24) is 5.32 Å². The van der Waals surface area contributed by atoms with E-state index in [0.717, 1.165) is 25.8 Å². The van der Waals surface area contributed by atoms with Crippen LogP contribution in [0, 0.1) is 0 Å². The summed E-state index contributed by atoms with van der Waals surface area (Å²) in [5.41, 5.74) is 2.79. The van der Waals surface area contributed by atoms with Crippen LogP contribution in [0.15, 0.2) is 24.3 Å². The zero-order valence-electron chi connectivity index (χ0n) is 12.2. The van der Waals surface area contributed by atoms with Crippen LogP contribution in [0.1, 0.15) is 44.1 Å². The lowest BCUT2D eigenvalue weighted by molar-refractivity contribution is 0.111. The van der Waals surface area contributed by atoms with Crippen molar-refractivity contribution in [3.05, 3.63) is 29.8 Å². The minimum atomic E-state index is -0.102. The molecule has 0 amide bonds. The number of benzene rings is 1. The highest BCUT2D eigenvalue weighted by Crippen LogP contribution is 2.25. The Kier molecular flexibility index (Phi) is 4.58. The second-order valence-corrected chi connectivity index (χ2v) is 6.22. The first kappa shape index (κ1) is 13.9. The number of nitrogens with zero attached hydrogens (tertiary/aromatic N) is 1. The minimum Gasteiger partial charge on any atom is -0.393 e. The first-order chi connectivity index (χ1) is 9.83. The molecule has 1 aromatic rings. The van der Waals surface area contributed by atoms with Gasteiger partial charge in [0, 0.05) is 31.4 Å². The van der Waals surface area contributed by atoms with Crippen molar-refractivity contribution in [3.63, 3.8) is 0 Å². The van der Waals surface area contributed by atoms with Crippen LogP contribution in [0.5, 0.6) is 0 Å². The van der Waals surface area contributed by atoms with Gasteiger partial charge in [-0.25, -0.2) is 0 Å². The Labute approximate surface area is 122 Å². The maximum absolute atomic E-state index is 9.76. The number of rotatable bonds is 4. The Morgan fingerprint density at radius 2 is 1.90 bits per heavy atom. The minimum absolute atomic E-state index is 0.102. The number of hydrogen-bond donors (Lipinski definition) is 2. The van der Waals surface area contributed by atoms with Gasteiger partial charge in [0.2, 0.25) is 0 Å². The summed E-state index contributed by atoms with van der Waals surface area (Å²) in [7, 11) is 0. The molecule has 2 fully saturated rings. The van der Waals surface area contributed by atoms with Gasteiger partial charge in [-0.3, -0.25) is 0 Å². The lowest BCUT2D eigenvalue weighted by atomic mass is 9.93. The van der Waals surface area contributed by atoms with Crippen LogP contribution in [0.3, 0.4) is 0 Å². The standard InChI is InChI=1S/C17H26N2O/c20-16-8-5-7-15(12-16)18-13-14-6-1-2-9-17(14)19-10-3-4-11-19/h1-2,6,9,15-16,18,20H,3-5,7-8,10-13H2. The molecule has 0 aromatic heterocycles. The number of para-hydroxylation sites is 1. The number of anilines is 1. The summed E-state index contributed by atoms with van der Waals surface area (Å²) in [4.78, 5) is 2.51. The second kappa shape index (κ2) is 6.59. The van der Waals surface area contributed by atoms with Crippen molar-refractivity contribution >= 4 is 5.69 Å². The van der Waals surface area contributed by atoms with Crippen LogP contribution < -0.4 is 10.2 Å². The molecular formula is C17H26N2O. The summed E-state index contributed by atoms with van der Waals surface area (Å²) in [6, 6.07) is 9.23. The average Bonchev–Trinajstić information content (AvgIpc) is 3.00. The van der Waals surface area contributed by atoms with Crippen molar-refractivity contribution in [1.29, 1.82) is 0 Å². The molecule has 2 aliphatic rings. The van der Waals surface area contributed by atoms with Gasteiger partial charge >= 0.3 is 0 Å². The van der Waals surface area contributed by atoms with Crippen molar-refractivity contribution in [3.8, 4) is 0 Å². The van der Waals surface area contributed by atoms with Crippen molar-refractivity contribution in [2.24, 2.45) is 0 Å². The summed E-state index contributed by atoms with van der Waals surface area (Å²) in [6.07, 6.45) is 6.76. The second-order valence-electron chi connectivity index (χ2n) is 6.22. The van der Waals surface area contributed by atoms with Gasteiger partial charge in [0.25, 0.3) is 0 Å². The van der Waals surface area contributed by atoms with Gasteiger partial charge in [0.05, 0.1) is 6.10 Å². The van der Waals surface area contributed by atoms with E-state index in [0.29, 0.717) is 6.04 Å². The molecular weight excluding hydrogens is 248 g/mol. The average molecular weight is 274 g/mol. The molecule has 0 spiro atoms. The van der Waals surface area contributed by atoms with E-state index in [2.05, 4.69) is 34.5 Å². The van der Waals surface area contributed by atoms with Gasteiger partial charge in [-0.15, -0.1) is 0 Å². The number of hydrogen-bond acceptors (Lipinski definition) is 3. The van der Waals surface area contributed by atoms with Crippen LogP contribution in [0.25, 0.3) is 0 Å². The zero-order chi connectivity index (χ0) is 13.8. The largest absolute Gasteiger partial charge is 0.393 e. The molecule has 1 aliphatic carbocycles. The van der Waals surface area contributed by atoms with Gasteiger partial charge in [-0.2, -0.15) is 0 Å². The summed E-state index contributed by atoms with van der Waals surface area (Å²) in [5.74, 6) is 0. The van der Waals surface area contributed by atoms with Crippen LogP contribution in [0.2, 0.25) is 0 Å². The van der Waals surface area contributed by atoms with E-state index in [1.807, 2.05) is 0 Å². The van der Waals surface area contributed by atoms with E-state index in [-0.39, 0.29) is 6.10 Å². The molecule has 3 rings (SSSR count). The lowest BCUT2D eigenvalue weighted by Crippen LogP contribution is -2.36. The normalized spacial score (nSPS) is 26.9. The van der Waals surface area contributed by atoms with E-state index >= 15 is 0 Å². The van der Waals surface area contributed by atoms with E-state index < -0.39 is 0 Å². The quantitative estimate of drug-likeness (QED) is 0.886. The highest BCUT2D eigenvalue weighted by Gasteiger charge is 2.20. The summed E-state index contributed by atoms with van der Waals surface area (Å²) in [5, 5.41) is 13.4. The molecule has 0 radical (unpaired) electrons. The van der Waals surface area contributed by atoms with Gasteiger partial charge < -0.3 is 15.3 Å². The first-order valence-corrected chi connectivity index (χ1v) is 8.07. The molecule has 1 aliphatic heterocycles. The molecule has 3 nitrogen and oxygen atoms in total. The highest BCUT2D eigenvalue weighted by molar-refractivity contribution is 5.54. The van der Waals surface area contributed by atoms with Crippen LogP contribution >= 0.6 is 0 Å². The summed E-state index contributed by atoms with van der Waals surface area (Å²) >= 11 is 0. The maximum atomic E-state index is 9.76. The SMILES string of the molecule is OC1CCCC(NCc2ccccc2N2CCCC2)C1. The predicted octanol–water partition coefficient (Wildman–Crippen LogP) is 2.68. The number of nitrogens with one attached hydrogen (secondary N) is 1. The Morgan fingerprint density at radius 3 is 2.70 bits per heavy atom. The van der Waals surface area contributed by atoms with Crippen LogP contribution in [0.4, 0.5) is 5.69 Å². The third-order valence-electron chi connectivity index (χ3n) is 4.67. The van der Waals surface area contributed by atoms with Crippen LogP contribution in [-0.2, 0) is 6.54 Å². The lowest BCUT2D eigenvalue weighted by Gasteiger charge is -2.28. The molecule has 0 bridgehead atoms. The molecule has 3 heteroatoms. The Hall–Kier alpha value is -1.06. The van der Waals surface area contributed by atoms with Gasteiger partial charge in [0.15, 0.2) is 0 Å². The van der Waals surface area contributed by atoms with Crippen molar-refractivity contribution < 1.29 is 5.11 Å². The van der Waals surface area contributed by atoms with Crippen molar-refractivity contribution in [2.75, 3.05) is 18.0 Å². The maximum Gasteiger partial charge on any atom is 0.0555 e. The molecule has 2 N–H and O–H groups in total. The smallest absolute Gasteiger partial charge is 0.0555 e.